The third kappa shape index (κ3) is 6.54. The quantitative estimate of drug-likeness (QED) is 0.623. The van der Waals surface area contributed by atoms with Gasteiger partial charge in [0.1, 0.15) is 10.8 Å². The summed E-state index contributed by atoms with van der Waals surface area (Å²) in [5.41, 5.74) is 1.79. The molecule has 1 saturated heterocycles. The molecule has 0 bridgehead atoms. The Morgan fingerprint density at radius 2 is 2.03 bits per heavy atom. The largest absolute Gasteiger partial charge is 0.493 e. The van der Waals surface area contributed by atoms with Gasteiger partial charge < -0.3 is 15.0 Å². The minimum atomic E-state index is 0.0420. The van der Waals surface area contributed by atoms with Crippen LogP contribution in [0.4, 0.5) is 0 Å². The zero-order chi connectivity index (χ0) is 20.6. The molecule has 158 valence electrons. The van der Waals surface area contributed by atoms with Gasteiger partial charge in [0.2, 0.25) is 5.91 Å². The second kappa shape index (κ2) is 10.7. The van der Waals surface area contributed by atoms with Crippen LogP contribution in [0.2, 0.25) is 0 Å². The molecule has 2 heterocycles. The molecule has 0 radical (unpaired) electrons. The van der Waals surface area contributed by atoms with Crippen LogP contribution in [0, 0.1) is 11.8 Å². The van der Waals surface area contributed by atoms with E-state index in [1.54, 1.807) is 11.3 Å². The third-order valence-electron chi connectivity index (χ3n) is 5.23. The van der Waals surface area contributed by atoms with Gasteiger partial charge in [-0.2, -0.15) is 0 Å². The van der Waals surface area contributed by atoms with Gasteiger partial charge in [-0.25, -0.2) is 4.98 Å². The maximum absolute atomic E-state index is 12.3. The number of nitrogens with zero attached hydrogens (tertiary/aromatic N) is 2. The first-order valence-electron chi connectivity index (χ1n) is 10.7. The normalized spacial score (nSPS) is 19.8. The number of aromatic nitrogens is 1. The molecule has 5 nitrogen and oxygen atoms in total. The van der Waals surface area contributed by atoms with Crippen molar-refractivity contribution in [1.82, 2.24) is 15.2 Å². The lowest BCUT2D eigenvalue weighted by atomic mass is 9.92. The van der Waals surface area contributed by atoms with Crippen LogP contribution in [-0.2, 0) is 11.2 Å². The lowest BCUT2D eigenvalue weighted by Gasteiger charge is -2.34. The number of para-hydroxylation sites is 1. The van der Waals surface area contributed by atoms with E-state index in [2.05, 4.69) is 29.0 Å². The van der Waals surface area contributed by atoms with Crippen molar-refractivity contribution in [1.29, 1.82) is 0 Å². The summed E-state index contributed by atoms with van der Waals surface area (Å²) in [4.78, 5) is 19.5. The molecule has 1 aromatic carbocycles. The molecule has 1 aromatic heterocycles. The molecule has 29 heavy (non-hydrogen) atoms. The molecule has 1 fully saturated rings. The van der Waals surface area contributed by atoms with Gasteiger partial charge in [0.05, 0.1) is 24.3 Å². The molecule has 1 aliphatic rings. The van der Waals surface area contributed by atoms with Gasteiger partial charge in [-0.05, 0) is 50.3 Å². The highest BCUT2D eigenvalue weighted by molar-refractivity contribution is 7.13. The second-order valence-corrected chi connectivity index (χ2v) is 9.02. The summed E-state index contributed by atoms with van der Waals surface area (Å²) in [5, 5.41) is 5.91. The number of thiazole rings is 1. The molecule has 1 amide bonds. The number of ether oxygens (including phenoxy) is 1. The minimum absolute atomic E-state index is 0.0420. The Morgan fingerprint density at radius 3 is 2.79 bits per heavy atom. The smallest absolute Gasteiger partial charge is 0.226 e. The first-order valence-corrected chi connectivity index (χ1v) is 11.6. The highest BCUT2D eigenvalue weighted by atomic mass is 32.1. The van der Waals surface area contributed by atoms with Gasteiger partial charge in [-0.1, -0.05) is 26.0 Å². The predicted molar refractivity (Wildman–Crippen MR) is 119 cm³/mol. The number of hydrogen-bond donors (Lipinski definition) is 1. The van der Waals surface area contributed by atoms with Crippen molar-refractivity contribution in [3.05, 3.63) is 35.3 Å². The Balaban J connectivity index is 1.44. The summed E-state index contributed by atoms with van der Waals surface area (Å²) in [5.74, 6) is 2.43. The number of carbonyl (C=O) groups is 1. The highest BCUT2D eigenvalue weighted by Crippen LogP contribution is 2.32. The van der Waals surface area contributed by atoms with Crippen LogP contribution in [0.15, 0.2) is 29.6 Å². The van der Waals surface area contributed by atoms with Gasteiger partial charge in [0.25, 0.3) is 0 Å². The van der Waals surface area contributed by atoms with Gasteiger partial charge in [-0.15, -0.1) is 11.3 Å². The van der Waals surface area contributed by atoms with Gasteiger partial charge in [0.15, 0.2) is 0 Å². The van der Waals surface area contributed by atoms with Crippen molar-refractivity contribution < 1.29 is 9.53 Å². The van der Waals surface area contributed by atoms with Gasteiger partial charge in [-0.3, -0.25) is 4.79 Å². The molecule has 1 aliphatic heterocycles. The molecular formula is C23H33N3O2S. The number of nitrogens with one attached hydrogen (secondary N) is 1. The number of hydrogen-bond acceptors (Lipinski definition) is 5. The lowest BCUT2D eigenvalue weighted by molar-refractivity contribution is -0.120. The van der Waals surface area contributed by atoms with E-state index in [1.165, 1.54) is 19.5 Å². The Kier molecular flexibility index (Phi) is 8.07. The van der Waals surface area contributed by atoms with Crippen molar-refractivity contribution >= 4 is 17.2 Å². The number of likely N-dealkylation sites (tertiary alicyclic amines) is 1. The van der Waals surface area contributed by atoms with Crippen molar-refractivity contribution in [3.8, 4) is 16.3 Å². The van der Waals surface area contributed by atoms with E-state index in [1.807, 2.05) is 36.6 Å². The van der Waals surface area contributed by atoms with Crippen LogP contribution >= 0.6 is 11.3 Å². The van der Waals surface area contributed by atoms with E-state index >= 15 is 0 Å². The molecule has 1 N–H and O–H groups in total. The third-order valence-corrected chi connectivity index (χ3v) is 6.15. The zero-order valence-electron chi connectivity index (χ0n) is 17.8. The zero-order valence-corrected chi connectivity index (χ0v) is 18.6. The summed E-state index contributed by atoms with van der Waals surface area (Å²) < 4.78 is 5.69. The summed E-state index contributed by atoms with van der Waals surface area (Å²) in [6, 6.07) is 7.91. The molecule has 3 rings (SSSR count). The van der Waals surface area contributed by atoms with Gasteiger partial charge in [0, 0.05) is 25.0 Å². The second-order valence-electron chi connectivity index (χ2n) is 8.16. The van der Waals surface area contributed by atoms with Crippen molar-refractivity contribution in [3.63, 3.8) is 0 Å². The van der Waals surface area contributed by atoms with E-state index in [0.717, 1.165) is 53.4 Å². The van der Waals surface area contributed by atoms with Gasteiger partial charge >= 0.3 is 0 Å². The average Bonchev–Trinajstić information content (AvgIpc) is 3.13. The first kappa shape index (κ1) is 21.8. The standard InChI is InChI=1S/C23H33N3O2S/c1-4-28-21-9-6-5-8-20(21)23-25-19(16-29-23)13-22(27)24-10-7-11-26-14-17(2)12-18(3)15-26/h5-6,8-9,16-18H,4,7,10-15H2,1-3H3,(H,24,27). The van der Waals surface area contributed by atoms with Crippen molar-refractivity contribution in [2.75, 3.05) is 32.8 Å². The Labute approximate surface area is 178 Å². The van der Waals surface area contributed by atoms with Crippen molar-refractivity contribution in [2.45, 2.75) is 40.0 Å². The maximum atomic E-state index is 12.3. The topological polar surface area (TPSA) is 54.5 Å². The fourth-order valence-electron chi connectivity index (χ4n) is 4.17. The monoisotopic (exact) mass is 415 g/mol. The first-order chi connectivity index (χ1) is 14.0. The molecule has 0 spiro atoms. The number of carbonyl (C=O) groups excluding carboxylic acids is 1. The molecule has 0 aliphatic carbocycles. The average molecular weight is 416 g/mol. The fraction of sp³-hybridized carbons (Fsp3) is 0.565. The number of benzene rings is 1. The van der Waals surface area contributed by atoms with Crippen LogP contribution in [0.25, 0.3) is 10.6 Å². The van der Waals surface area contributed by atoms with E-state index in [4.69, 9.17) is 4.74 Å². The number of rotatable bonds is 9. The summed E-state index contributed by atoms with van der Waals surface area (Å²) in [6.45, 7) is 11.4. The summed E-state index contributed by atoms with van der Waals surface area (Å²) in [6.07, 6.45) is 2.65. The molecule has 2 atom stereocenters. The Morgan fingerprint density at radius 1 is 1.28 bits per heavy atom. The van der Waals surface area contributed by atoms with Crippen LogP contribution in [0.1, 0.15) is 39.3 Å². The highest BCUT2D eigenvalue weighted by Gasteiger charge is 2.21. The van der Waals surface area contributed by atoms with E-state index in [0.29, 0.717) is 13.0 Å². The van der Waals surface area contributed by atoms with Crippen LogP contribution in [-0.4, -0.2) is 48.6 Å². The molecule has 2 unspecified atom stereocenters. The van der Waals surface area contributed by atoms with E-state index < -0.39 is 0 Å². The maximum Gasteiger partial charge on any atom is 0.226 e. The number of piperidine rings is 1. The van der Waals surface area contributed by atoms with Crippen LogP contribution in [0.5, 0.6) is 5.75 Å². The molecule has 2 aromatic rings. The summed E-state index contributed by atoms with van der Waals surface area (Å²) in [7, 11) is 0. The van der Waals surface area contributed by atoms with E-state index in [-0.39, 0.29) is 5.91 Å². The van der Waals surface area contributed by atoms with Crippen LogP contribution < -0.4 is 10.1 Å². The number of amides is 1. The van der Waals surface area contributed by atoms with Crippen molar-refractivity contribution in [2.24, 2.45) is 11.8 Å². The SMILES string of the molecule is CCOc1ccccc1-c1nc(CC(=O)NCCCN2CC(C)CC(C)C2)cs1. The predicted octanol–water partition coefficient (Wildman–Crippen LogP) is 4.24. The molecular weight excluding hydrogens is 382 g/mol. The Hall–Kier alpha value is -1.92. The molecule has 0 saturated carbocycles. The summed E-state index contributed by atoms with van der Waals surface area (Å²) >= 11 is 1.55. The molecule has 6 heteroatoms. The Bertz CT molecular complexity index is 782. The fourth-order valence-corrected chi connectivity index (χ4v) is 5.02. The lowest BCUT2D eigenvalue weighted by Crippen LogP contribution is -2.40. The minimum Gasteiger partial charge on any atom is -0.493 e. The van der Waals surface area contributed by atoms with Crippen LogP contribution in [0.3, 0.4) is 0 Å². The van der Waals surface area contributed by atoms with E-state index in [9.17, 15) is 4.79 Å².